The zero-order chi connectivity index (χ0) is 5.70. The summed E-state index contributed by atoms with van der Waals surface area (Å²) in [5, 5.41) is 2.12. The Balaban J connectivity index is 3.56. The van der Waals surface area contributed by atoms with Gasteiger partial charge in [0.15, 0.2) is 5.50 Å². The molecule has 0 saturated carbocycles. The largest absolute Gasteiger partial charge is 0.208 e. The second-order valence-corrected chi connectivity index (χ2v) is 1.46. The fourth-order valence-electron chi connectivity index (χ4n) is 0.103. The summed E-state index contributed by atoms with van der Waals surface area (Å²) in [6, 6.07) is 0. The van der Waals surface area contributed by atoms with Crippen LogP contribution >= 0.6 is 23.8 Å². The molecule has 0 radical (unpaired) electrons. The highest BCUT2D eigenvalue weighted by Gasteiger charge is 1.85. The first kappa shape index (κ1) is 6.83. The minimum Gasteiger partial charge on any atom is -0.208 e. The average molecular weight is 134 g/mol. The summed E-state index contributed by atoms with van der Waals surface area (Å²) in [5.41, 5.74) is -0.405. The maximum absolute atomic E-state index is 5.35. The third-order valence-electron chi connectivity index (χ3n) is 0.371. The van der Waals surface area contributed by atoms with Gasteiger partial charge in [0.1, 0.15) is 0 Å². The van der Waals surface area contributed by atoms with Gasteiger partial charge in [-0.05, 0) is 12.2 Å². The van der Waals surface area contributed by atoms with Crippen LogP contribution in [0, 0.1) is 0 Å². The number of halogens is 1. The van der Waals surface area contributed by atoms with Gasteiger partial charge in [0.25, 0.3) is 0 Å². The highest BCUT2D eigenvalue weighted by atomic mass is 35.5. The number of nitrogens with zero attached hydrogens (tertiary/aromatic N) is 1. The van der Waals surface area contributed by atoms with E-state index >= 15 is 0 Å². The highest BCUT2D eigenvalue weighted by Crippen LogP contribution is 1.94. The standard InChI is InChI=1S/C4H4ClNS/c1-2-4(5)6-3-7/h2,4H,1H2. The summed E-state index contributed by atoms with van der Waals surface area (Å²) >= 11 is 9.60. The first-order valence-corrected chi connectivity index (χ1v) is 2.49. The number of alkyl halides is 1. The van der Waals surface area contributed by atoms with Gasteiger partial charge in [-0.15, -0.1) is 0 Å². The van der Waals surface area contributed by atoms with Gasteiger partial charge in [0.05, 0.1) is 5.16 Å². The lowest BCUT2D eigenvalue weighted by molar-refractivity contribution is 1.17. The van der Waals surface area contributed by atoms with Crippen LogP contribution in [0.4, 0.5) is 0 Å². The normalized spacial score (nSPS) is 11.6. The van der Waals surface area contributed by atoms with Crippen LogP contribution < -0.4 is 0 Å². The van der Waals surface area contributed by atoms with Crippen molar-refractivity contribution in [2.75, 3.05) is 0 Å². The van der Waals surface area contributed by atoms with Gasteiger partial charge in [-0.25, -0.2) is 4.99 Å². The van der Waals surface area contributed by atoms with E-state index in [1.165, 1.54) is 6.08 Å². The summed E-state index contributed by atoms with van der Waals surface area (Å²) in [6.07, 6.45) is 1.47. The first-order chi connectivity index (χ1) is 3.31. The summed E-state index contributed by atoms with van der Waals surface area (Å²) in [4.78, 5) is 3.46. The maximum Gasteiger partial charge on any atom is 0.151 e. The molecule has 0 aliphatic carbocycles. The second kappa shape index (κ2) is 4.00. The van der Waals surface area contributed by atoms with Crippen molar-refractivity contribution in [1.29, 1.82) is 0 Å². The van der Waals surface area contributed by atoms with Gasteiger partial charge in [0, 0.05) is 0 Å². The molecule has 0 saturated heterocycles. The molecule has 38 valence electrons. The molecule has 0 aromatic rings. The van der Waals surface area contributed by atoms with Gasteiger partial charge >= 0.3 is 0 Å². The topological polar surface area (TPSA) is 12.4 Å². The van der Waals surface area contributed by atoms with E-state index in [0.717, 1.165) is 0 Å². The van der Waals surface area contributed by atoms with E-state index < -0.39 is 5.50 Å². The molecule has 0 heterocycles. The molecule has 0 aromatic carbocycles. The van der Waals surface area contributed by atoms with Gasteiger partial charge < -0.3 is 0 Å². The molecule has 0 spiro atoms. The zero-order valence-electron chi connectivity index (χ0n) is 3.60. The molecule has 0 aromatic heterocycles. The van der Waals surface area contributed by atoms with Crippen molar-refractivity contribution >= 4 is 29.0 Å². The van der Waals surface area contributed by atoms with E-state index in [1.54, 1.807) is 0 Å². The summed E-state index contributed by atoms with van der Waals surface area (Å²) in [7, 11) is 0. The summed E-state index contributed by atoms with van der Waals surface area (Å²) in [6.45, 7) is 3.37. The molecule has 0 bridgehead atoms. The molecule has 1 unspecified atom stereocenters. The van der Waals surface area contributed by atoms with Gasteiger partial charge in [0.2, 0.25) is 0 Å². The van der Waals surface area contributed by atoms with Crippen LogP contribution in [0.3, 0.4) is 0 Å². The predicted molar refractivity (Wildman–Crippen MR) is 34.9 cm³/mol. The monoisotopic (exact) mass is 133 g/mol. The number of thiocarbonyl (C=S) groups is 1. The summed E-state index contributed by atoms with van der Waals surface area (Å²) < 4.78 is 0. The van der Waals surface area contributed by atoms with Crippen LogP contribution in [-0.4, -0.2) is 10.7 Å². The van der Waals surface area contributed by atoms with Crippen molar-refractivity contribution in [2.45, 2.75) is 5.50 Å². The second-order valence-electron chi connectivity index (χ2n) is 0.829. The van der Waals surface area contributed by atoms with E-state index in [4.69, 9.17) is 11.6 Å². The van der Waals surface area contributed by atoms with Crippen molar-refractivity contribution in [3.63, 3.8) is 0 Å². The Morgan fingerprint density at radius 3 is 2.71 bits per heavy atom. The molecule has 0 fully saturated rings. The van der Waals surface area contributed by atoms with E-state index in [-0.39, 0.29) is 0 Å². The van der Waals surface area contributed by atoms with Crippen molar-refractivity contribution in [3.05, 3.63) is 12.7 Å². The van der Waals surface area contributed by atoms with Crippen molar-refractivity contribution in [1.82, 2.24) is 0 Å². The number of hydrogen-bond acceptors (Lipinski definition) is 2. The Hall–Kier alpha value is -0.170. The van der Waals surface area contributed by atoms with Gasteiger partial charge in [-0.2, -0.15) is 0 Å². The molecular weight excluding hydrogens is 130 g/mol. The van der Waals surface area contributed by atoms with Crippen LogP contribution in [0.15, 0.2) is 17.6 Å². The smallest absolute Gasteiger partial charge is 0.151 e. The Morgan fingerprint density at radius 2 is 2.57 bits per heavy atom. The maximum atomic E-state index is 5.35. The van der Waals surface area contributed by atoms with Gasteiger partial charge in [-0.3, -0.25) is 0 Å². The number of rotatable bonds is 2. The van der Waals surface area contributed by atoms with E-state index in [9.17, 15) is 0 Å². The molecule has 0 rings (SSSR count). The minimum absolute atomic E-state index is 0.405. The Labute approximate surface area is 52.7 Å². The lowest BCUT2D eigenvalue weighted by Gasteiger charge is -1.84. The molecule has 3 heteroatoms. The third kappa shape index (κ3) is 3.67. The summed E-state index contributed by atoms with van der Waals surface area (Å²) in [5.74, 6) is 0. The SMILES string of the molecule is C=CC(Cl)N=C=S. The Morgan fingerprint density at radius 1 is 2.00 bits per heavy atom. The lowest BCUT2D eigenvalue weighted by atomic mass is 10.6. The molecule has 7 heavy (non-hydrogen) atoms. The minimum atomic E-state index is -0.405. The van der Waals surface area contributed by atoms with Crippen molar-refractivity contribution in [2.24, 2.45) is 4.99 Å². The highest BCUT2D eigenvalue weighted by molar-refractivity contribution is 7.78. The van der Waals surface area contributed by atoms with Gasteiger partial charge in [-0.1, -0.05) is 24.3 Å². The molecule has 0 amide bonds. The van der Waals surface area contributed by atoms with E-state index in [0.29, 0.717) is 0 Å². The number of isothiocyanates is 1. The Bertz CT molecular complexity index is 106. The van der Waals surface area contributed by atoms with E-state index in [2.05, 4.69) is 29.0 Å². The molecular formula is C4H4ClNS. The number of aliphatic imine (C=N–C) groups is 1. The molecule has 0 aliphatic rings. The molecule has 1 nitrogen and oxygen atoms in total. The molecule has 0 N–H and O–H groups in total. The van der Waals surface area contributed by atoms with E-state index in [1.807, 2.05) is 0 Å². The third-order valence-corrected chi connectivity index (χ3v) is 0.752. The van der Waals surface area contributed by atoms with Crippen LogP contribution in [0.1, 0.15) is 0 Å². The van der Waals surface area contributed by atoms with Crippen molar-refractivity contribution in [3.8, 4) is 0 Å². The number of hydrogen-bond donors (Lipinski definition) is 0. The van der Waals surface area contributed by atoms with Crippen LogP contribution in [0.2, 0.25) is 0 Å². The van der Waals surface area contributed by atoms with Crippen LogP contribution in [0.25, 0.3) is 0 Å². The fourth-order valence-corrected chi connectivity index (χ4v) is 0.323. The first-order valence-electron chi connectivity index (χ1n) is 1.65. The average Bonchev–Trinajstić information content (AvgIpc) is 1.68. The van der Waals surface area contributed by atoms with Crippen molar-refractivity contribution < 1.29 is 0 Å². The molecule has 1 atom stereocenters. The zero-order valence-corrected chi connectivity index (χ0v) is 5.17. The fraction of sp³-hybridized carbons (Fsp3) is 0.250. The molecule has 0 aliphatic heterocycles. The van der Waals surface area contributed by atoms with Crippen LogP contribution in [0.5, 0.6) is 0 Å². The lowest BCUT2D eigenvalue weighted by Crippen LogP contribution is -1.81. The quantitative estimate of drug-likeness (QED) is 0.184. The predicted octanol–water partition coefficient (Wildman–Crippen LogP) is 1.84. The van der Waals surface area contributed by atoms with Crippen LogP contribution in [-0.2, 0) is 0 Å². The Kier molecular flexibility index (Phi) is 3.90.